The number of likely N-dealkylation sites (tertiary alicyclic amines) is 1. The first-order chi connectivity index (χ1) is 13.5. The molecule has 4 bridgehead atoms. The van der Waals surface area contributed by atoms with Crippen LogP contribution < -0.4 is 4.74 Å². The van der Waals surface area contributed by atoms with Crippen molar-refractivity contribution in [1.82, 2.24) is 4.90 Å². The van der Waals surface area contributed by atoms with Crippen molar-refractivity contribution in [2.45, 2.75) is 77.3 Å². The number of amides is 1. The first-order valence-corrected chi connectivity index (χ1v) is 11.6. The summed E-state index contributed by atoms with van der Waals surface area (Å²) in [4.78, 5) is 15.7. The molecule has 6 aliphatic rings. The van der Waals surface area contributed by atoms with Gasteiger partial charge < -0.3 is 9.64 Å². The minimum Gasteiger partial charge on any atom is -0.493 e. The lowest BCUT2D eigenvalue weighted by atomic mass is 9.52. The molecule has 4 saturated carbocycles. The molecule has 7 rings (SSSR count). The van der Waals surface area contributed by atoms with Crippen LogP contribution in [0, 0.1) is 29.1 Å². The first kappa shape index (κ1) is 17.4. The van der Waals surface area contributed by atoms with E-state index in [9.17, 15) is 4.79 Å². The van der Waals surface area contributed by atoms with E-state index in [1.165, 1.54) is 49.7 Å². The van der Waals surface area contributed by atoms with Gasteiger partial charge in [-0.1, -0.05) is 12.1 Å². The van der Waals surface area contributed by atoms with Gasteiger partial charge in [-0.3, -0.25) is 4.79 Å². The number of fused-ring (bicyclic) bond motifs is 1. The van der Waals surface area contributed by atoms with E-state index >= 15 is 0 Å². The van der Waals surface area contributed by atoms with Gasteiger partial charge >= 0.3 is 0 Å². The van der Waals surface area contributed by atoms with Crippen LogP contribution in [0.15, 0.2) is 18.2 Å². The number of carbonyl (C=O) groups is 1. The van der Waals surface area contributed by atoms with Crippen molar-refractivity contribution in [3.8, 4) is 5.75 Å². The zero-order valence-corrected chi connectivity index (χ0v) is 17.3. The monoisotopic (exact) mass is 379 g/mol. The molecule has 1 amide bonds. The minimum atomic E-state index is -0.298. The van der Waals surface area contributed by atoms with Gasteiger partial charge in [-0.25, -0.2) is 0 Å². The molecule has 1 atom stereocenters. The summed E-state index contributed by atoms with van der Waals surface area (Å²) in [6.07, 6.45) is 10.4. The number of ether oxygens (including phenoxy) is 1. The Morgan fingerprint density at radius 3 is 2.43 bits per heavy atom. The normalized spacial score (nSPS) is 40.5. The number of nitrogens with zero attached hydrogens (tertiary/aromatic N) is 1. The Morgan fingerprint density at radius 1 is 1.00 bits per heavy atom. The lowest BCUT2D eigenvalue weighted by Gasteiger charge is -2.64. The van der Waals surface area contributed by atoms with Crippen molar-refractivity contribution in [1.29, 1.82) is 0 Å². The molecule has 1 aromatic carbocycles. The molecule has 1 aromatic rings. The number of benzene rings is 1. The van der Waals surface area contributed by atoms with Crippen molar-refractivity contribution >= 4 is 5.91 Å². The Balaban J connectivity index is 1.35. The summed E-state index contributed by atoms with van der Waals surface area (Å²) in [6, 6.07) is 7.51. The average molecular weight is 380 g/mol. The number of carbonyl (C=O) groups excluding carboxylic acids is 1. The summed E-state index contributed by atoms with van der Waals surface area (Å²) in [5.74, 6) is 4.83. The van der Waals surface area contributed by atoms with E-state index in [4.69, 9.17) is 4.74 Å². The molecule has 3 heteroatoms. The standard InChI is InChI=1S/C25H33NO2/c1-25(2)23(18-7-6-17-5-3-4-8-28-21(17)14-18)26(24(25)27)22-19-10-15-9-16(12-19)13-20(22)11-15/h6-7,14-16,19-20,22-23H,3-5,8-13H2,1-2H3. The fourth-order valence-electron chi connectivity index (χ4n) is 7.77. The van der Waals surface area contributed by atoms with Crippen LogP contribution in [0.3, 0.4) is 0 Å². The summed E-state index contributed by atoms with van der Waals surface area (Å²) >= 11 is 0. The van der Waals surface area contributed by atoms with Gasteiger partial charge in [0.15, 0.2) is 0 Å². The van der Waals surface area contributed by atoms with E-state index in [0.717, 1.165) is 48.9 Å². The Morgan fingerprint density at radius 2 is 1.71 bits per heavy atom. The molecule has 0 spiro atoms. The highest BCUT2D eigenvalue weighted by atomic mass is 16.5. The number of aryl methyl sites for hydroxylation is 1. The molecule has 150 valence electrons. The Hall–Kier alpha value is -1.51. The predicted molar refractivity (Wildman–Crippen MR) is 109 cm³/mol. The average Bonchev–Trinajstić information content (AvgIpc) is 2.90. The van der Waals surface area contributed by atoms with Crippen LogP contribution in [0.1, 0.15) is 76.0 Å². The molecule has 28 heavy (non-hydrogen) atoms. The highest BCUT2D eigenvalue weighted by Crippen LogP contribution is 2.61. The molecular formula is C25H33NO2. The van der Waals surface area contributed by atoms with Gasteiger partial charge in [-0.2, -0.15) is 0 Å². The molecule has 1 unspecified atom stereocenters. The molecule has 0 aromatic heterocycles. The number of hydrogen-bond acceptors (Lipinski definition) is 2. The lowest BCUT2D eigenvalue weighted by Crippen LogP contribution is -2.69. The predicted octanol–water partition coefficient (Wildman–Crippen LogP) is 5.14. The quantitative estimate of drug-likeness (QED) is 0.666. The summed E-state index contributed by atoms with van der Waals surface area (Å²) in [5, 5.41) is 0. The molecule has 2 heterocycles. The highest BCUT2D eigenvalue weighted by Gasteiger charge is 2.62. The number of hydrogen-bond donors (Lipinski definition) is 0. The second kappa shape index (κ2) is 6.00. The zero-order chi connectivity index (χ0) is 19.0. The zero-order valence-electron chi connectivity index (χ0n) is 17.3. The van der Waals surface area contributed by atoms with E-state index in [-0.39, 0.29) is 11.5 Å². The molecule has 0 radical (unpaired) electrons. The molecular weight excluding hydrogens is 346 g/mol. The topological polar surface area (TPSA) is 29.5 Å². The first-order valence-electron chi connectivity index (χ1n) is 11.6. The van der Waals surface area contributed by atoms with Gasteiger partial charge in [0.1, 0.15) is 5.75 Å². The fraction of sp³-hybridized carbons (Fsp3) is 0.720. The molecule has 3 nitrogen and oxygen atoms in total. The molecule has 4 aliphatic carbocycles. The largest absolute Gasteiger partial charge is 0.493 e. The van der Waals surface area contributed by atoms with Crippen LogP contribution in [0.5, 0.6) is 5.75 Å². The Labute approximate surface area is 168 Å². The van der Waals surface area contributed by atoms with Crippen LogP contribution in [0.25, 0.3) is 0 Å². The van der Waals surface area contributed by atoms with E-state index in [1.807, 2.05) is 0 Å². The summed E-state index contributed by atoms with van der Waals surface area (Å²) in [7, 11) is 0. The summed E-state index contributed by atoms with van der Waals surface area (Å²) < 4.78 is 6.07. The van der Waals surface area contributed by atoms with Crippen LogP contribution >= 0.6 is 0 Å². The van der Waals surface area contributed by atoms with Gasteiger partial charge in [0.2, 0.25) is 5.91 Å². The Kier molecular flexibility index (Phi) is 3.72. The van der Waals surface area contributed by atoms with Crippen LogP contribution in [0.4, 0.5) is 0 Å². The smallest absolute Gasteiger partial charge is 0.231 e. The maximum Gasteiger partial charge on any atom is 0.231 e. The van der Waals surface area contributed by atoms with Crippen LogP contribution in [0.2, 0.25) is 0 Å². The van der Waals surface area contributed by atoms with Crippen molar-refractivity contribution in [2.75, 3.05) is 6.61 Å². The van der Waals surface area contributed by atoms with Gasteiger partial charge in [-0.05, 0) is 106 Å². The van der Waals surface area contributed by atoms with Crippen LogP contribution in [-0.2, 0) is 11.2 Å². The van der Waals surface area contributed by atoms with E-state index in [1.54, 1.807) is 0 Å². The lowest BCUT2D eigenvalue weighted by molar-refractivity contribution is -0.191. The highest BCUT2D eigenvalue weighted by molar-refractivity contribution is 5.90. The third-order valence-corrected chi connectivity index (χ3v) is 8.75. The van der Waals surface area contributed by atoms with E-state index in [0.29, 0.717) is 11.9 Å². The van der Waals surface area contributed by atoms with Gasteiger partial charge in [0, 0.05) is 6.04 Å². The van der Waals surface area contributed by atoms with E-state index in [2.05, 4.69) is 36.9 Å². The number of β-lactam (4-membered cyclic amide) rings is 1. The minimum absolute atomic E-state index is 0.208. The SMILES string of the molecule is CC1(C)C(=O)N(C2C3CC4CC(C3)CC2C4)C1c1ccc2c(c1)OCCCC2. The third-order valence-electron chi connectivity index (χ3n) is 8.75. The molecule has 0 N–H and O–H groups in total. The van der Waals surface area contributed by atoms with Gasteiger partial charge in [-0.15, -0.1) is 0 Å². The Bertz CT molecular complexity index is 785. The second-order valence-electron chi connectivity index (χ2n) is 10.9. The molecule has 1 saturated heterocycles. The van der Waals surface area contributed by atoms with Crippen molar-refractivity contribution in [3.63, 3.8) is 0 Å². The van der Waals surface area contributed by atoms with E-state index < -0.39 is 0 Å². The van der Waals surface area contributed by atoms with Crippen molar-refractivity contribution in [3.05, 3.63) is 29.3 Å². The van der Waals surface area contributed by atoms with Crippen LogP contribution in [-0.4, -0.2) is 23.5 Å². The summed E-state index contributed by atoms with van der Waals surface area (Å²) in [6.45, 7) is 5.13. The van der Waals surface area contributed by atoms with Gasteiger partial charge in [0.25, 0.3) is 0 Å². The van der Waals surface area contributed by atoms with Crippen molar-refractivity contribution < 1.29 is 9.53 Å². The third kappa shape index (κ3) is 2.37. The molecule has 5 fully saturated rings. The summed E-state index contributed by atoms with van der Waals surface area (Å²) in [5.41, 5.74) is 2.33. The molecule has 2 aliphatic heterocycles. The maximum atomic E-state index is 13.3. The number of rotatable bonds is 2. The fourth-order valence-corrected chi connectivity index (χ4v) is 7.77. The van der Waals surface area contributed by atoms with Crippen molar-refractivity contribution in [2.24, 2.45) is 29.1 Å². The second-order valence-corrected chi connectivity index (χ2v) is 10.9. The van der Waals surface area contributed by atoms with Gasteiger partial charge in [0.05, 0.1) is 18.1 Å². The maximum absolute atomic E-state index is 13.3.